The van der Waals surface area contributed by atoms with Crippen LogP contribution in [0.5, 0.6) is 0 Å². The van der Waals surface area contributed by atoms with E-state index in [1.54, 1.807) is 0 Å². The molecule has 1 N–H and O–H groups in total. The van der Waals surface area contributed by atoms with E-state index >= 15 is 4.39 Å². The molecule has 0 aromatic heterocycles. The van der Waals surface area contributed by atoms with Gasteiger partial charge < -0.3 is 5.32 Å². The third-order valence-electron chi connectivity index (χ3n) is 4.18. The summed E-state index contributed by atoms with van der Waals surface area (Å²) in [7, 11) is 0. The number of non-ortho nitro benzene ring substituents is 1. The predicted octanol–water partition coefficient (Wildman–Crippen LogP) is 3.51. The number of nitrogens with one attached hydrogen (secondary N) is 1. The Morgan fingerprint density at radius 1 is 1.11 bits per heavy atom. The number of rotatable bonds is 7. The third-order valence-corrected chi connectivity index (χ3v) is 4.18. The van der Waals surface area contributed by atoms with Gasteiger partial charge in [0, 0.05) is 17.8 Å². The van der Waals surface area contributed by atoms with E-state index in [2.05, 4.69) is 5.32 Å². The summed E-state index contributed by atoms with van der Waals surface area (Å²) < 4.78 is 15.5. The SMILES string of the molecule is CC(=O)C(F)(C(C)=O)C(Nc1ccc([N+](=O)[O-])cc1)c1ccc(C#N)cc1. The average Bonchev–Trinajstić information content (AvgIpc) is 2.65. The number of carbonyl (C=O) groups is 2. The molecule has 2 aromatic rings. The summed E-state index contributed by atoms with van der Waals surface area (Å²) in [5.41, 5.74) is -2.10. The van der Waals surface area contributed by atoms with E-state index in [-0.39, 0.29) is 11.3 Å². The highest BCUT2D eigenvalue weighted by molar-refractivity contribution is 6.09. The van der Waals surface area contributed by atoms with Crippen molar-refractivity contribution in [3.8, 4) is 6.07 Å². The molecule has 2 aromatic carbocycles. The number of ketones is 2. The number of nitro benzene ring substituents is 1. The summed E-state index contributed by atoms with van der Waals surface area (Å²) in [5, 5.41) is 22.5. The highest BCUT2D eigenvalue weighted by atomic mass is 19.1. The van der Waals surface area contributed by atoms with Crippen molar-refractivity contribution in [1.82, 2.24) is 0 Å². The molecule has 0 bridgehead atoms. The minimum absolute atomic E-state index is 0.153. The van der Waals surface area contributed by atoms with Gasteiger partial charge in [0.1, 0.15) is 6.04 Å². The fourth-order valence-electron chi connectivity index (χ4n) is 2.66. The summed E-state index contributed by atoms with van der Waals surface area (Å²) in [6, 6.07) is 11.5. The molecule has 1 unspecified atom stereocenters. The summed E-state index contributed by atoms with van der Waals surface area (Å²) in [6.07, 6.45) is 0. The second-order valence-corrected chi connectivity index (χ2v) is 5.94. The van der Waals surface area contributed by atoms with Crippen LogP contribution in [0.25, 0.3) is 0 Å². The molecule has 0 heterocycles. The summed E-state index contributed by atoms with van der Waals surface area (Å²) in [5.74, 6) is -1.95. The Labute approximate surface area is 154 Å². The van der Waals surface area contributed by atoms with Gasteiger partial charge in [-0.2, -0.15) is 5.26 Å². The zero-order valence-electron chi connectivity index (χ0n) is 14.6. The molecule has 0 amide bonds. The van der Waals surface area contributed by atoms with Crippen molar-refractivity contribution in [3.63, 3.8) is 0 Å². The number of alkyl halides is 1. The summed E-state index contributed by atoms with van der Waals surface area (Å²) in [6.45, 7) is 1.96. The van der Waals surface area contributed by atoms with Crippen molar-refractivity contribution in [2.75, 3.05) is 5.32 Å². The number of halogens is 1. The highest BCUT2D eigenvalue weighted by Gasteiger charge is 2.49. The van der Waals surface area contributed by atoms with E-state index in [4.69, 9.17) is 5.26 Å². The monoisotopic (exact) mass is 369 g/mol. The lowest BCUT2D eigenvalue weighted by Gasteiger charge is -2.31. The van der Waals surface area contributed by atoms with E-state index in [1.165, 1.54) is 48.5 Å². The van der Waals surface area contributed by atoms with Crippen LogP contribution in [0.1, 0.15) is 31.0 Å². The third kappa shape index (κ3) is 3.98. The van der Waals surface area contributed by atoms with Crippen LogP contribution in [0, 0.1) is 21.4 Å². The number of nitriles is 1. The Hall–Kier alpha value is -3.60. The van der Waals surface area contributed by atoms with Gasteiger partial charge in [-0.3, -0.25) is 19.7 Å². The zero-order valence-corrected chi connectivity index (χ0v) is 14.6. The van der Waals surface area contributed by atoms with E-state index in [0.717, 1.165) is 13.8 Å². The first-order valence-corrected chi connectivity index (χ1v) is 7.92. The Balaban J connectivity index is 2.51. The molecule has 0 aliphatic carbocycles. The van der Waals surface area contributed by atoms with Crippen LogP contribution in [0.4, 0.5) is 15.8 Å². The first-order valence-electron chi connectivity index (χ1n) is 7.92. The smallest absolute Gasteiger partial charge is 0.269 e. The van der Waals surface area contributed by atoms with Gasteiger partial charge in [-0.1, -0.05) is 12.1 Å². The van der Waals surface area contributed by atoms with Gasteiger partial charge in [-0.15, -0.1) is 0 Å². The number of anilines is 1. The molecule has 8 heteroatoms. The topological polar surface area (TPSA) is 113 Å². The second kappa shape index (κ2) is 7.74. The molecule has 0 saturated heterocycles. The van der Waals surface area contributed by atoms with Gasteiger partial charge in [0.15, 0.2) is 11.6 Å². The molecule has 7 nitrogen and oxygen atoms in total. The lowest BCUT2D eigenvalue weighted by molar-refractivity contribution is -0.384. The van der Waals surface area contributed by atoms with Crippen molar-refractivity contribution >= 4 is 22.9 Å². The van der Waals surface area contributed by atoms with Crippen molar-refractivity contribution in [2.45, 2.75) is 25.6 Å². The number of hydrogen-bond acceptors (Lipinski definition) is 6. The molecule has 0 aliphatic rings. The van der Waals surface area contributed by atoms with Crippen LogP contribution in [0.2, 0.25) is 0 Å². The molecular formula is C19H16FN3O4. The number of benzene rings is 2. The largest absolute Gasteiger partial charge is 0.374 e. The maximum atomic E-state index is 15.5. The number of nitro groups is 1. The molecule has 138 valence electrons. The molecule has 0 radical (unpaired) electrons. The first kappa shape index (κ1) is 19.7. The van der Waals surface area contributed by atoms with Gasteiger partial charge in [-0.05, 0) is 43.7 Å². The van der Waals surface area contributed by atoms with Gasteiger partial charge in [-0.25, -0.2) is 4.39 Å². The zero-order chi connectivity index (χ0) is 20.2. The fourth-order valence-corrected chi connectivity index (χ4v) is 2.66. The minimum atomic E-state index is -2.85. The molecule has 0 spiro atoms. The number of carbonyl (C=O) groups excluding carboxylic acids is 2. The van der Waals surface area contributed by atoms with Crippen molar-refractivity contribution in [2.24, 2.45) is 0 Å². The van der Waals surface area contributed by atoms with Crippen LogP contribution in [0.3, 0.4) is 0 Å². The Kier molecular flexibility index (Phi) is 5.66. The lowest BCUT2D eigenvalue weighted by Crippen LogP contribution is -2.48. The van der Waals surface area contributed by atoms with Crippen LogP contribution in [0.15, 0.2) is 48.5 Å². The lowest BCUT2D eigenvalue weighted by atomic mass is 9.83. The first-order chi connectivity index (χ1) is 12.7. The van der Waals surface area contributed by atoms with E-state index in [0.29, 0.717) is 11.3 Å². The summed E-state index contributed by atoms with van der Waals surface area (Å²) >= 11 is 0. The molecule has 27 heavy (non-hydrogen) atoms. The summed E-state index contributed by atoms with van der Waals surface area (Å²) in [4.78, 5) is 34.2. The van der Waals surface area contributed by atoms with E-state index in [9.17, 15) is 19.7 Å². The van der Waals surface area contributed by atoms with E-state index < -0.39 is 28.2 Å². The Morgan fingerprint density at radius 3 is 2.04 bits per heavy atom. The molecule has 0 aliphatic heterocycles. The predicted molar refractivity (Wildman–Crippen MR) is 95.8 cm³/mol. The van der Waals surface area contributed by atoms with E-state index in [1.807, 2.05) is 6.07 Å². The van der Waals surface area contributed by atoms with Crippen molar-refractivity contribution in [1.29, 1.82) is 5.26 Å². The van der Waals surface area contributed by atoms with Gasteiger partial charge in [0.25, 0.3) is 5.69 Å². The van der Waals surface area contributed by atoms with Gasteiger partial charge in [0.2, 0.25) is 5.67 Å². The standard InChI is InChI=1S/C19H16FN3O4/c1-12(24)19(20,13(2)25)18(15-5-3-14(11-21)4-6-15)22-16-7-9-17(10-8-16)23(26)27/h3-10,18,22H,1-2H3. The fraction of sp³-hybridized carbons (Fsp3) is 0.211. The average molecular weight is 369 g/mol. The normalized spacial score (nSPS) is 11.9. The van der Waals surface area contributed by atoms with Crippen LogP contribution < -0.4 is 5.32 Å². The number of hydrogen-bond donors (Lipinski definition) is 1. The Morgan fingerprint density at radius 2 is 1.63 bits per heavy atom. The maximum Gasteiger partial charge on any atom is 0.269 e. The van der Waals surface area contributed by atoms with Gasteiger partial charge >= 0.3 is 0 Å². The van der Waals surface area contributed by atoms with Crippen molar-refractivity contribution in [3.05, 3.63) is 69.8 Å². The molecule has 0 fully saturated rings. The Bertz CT molecular complexity index is 903. The molecule has 1 atom stereocenters. The molecular weight excluding hydrogens is 353 g/mol. The number of nitrogens with zero attached hydrogens (tertiary/aromatic N) is 2. The highest BCUT2D eigenvalue weighted by Crippen LogP contribution is 2.35. The molecule has 2 rings (SSSR count). The van der Waals surface area contributed by atoms with Crippen LogP contribution in [-0.4, -0.2) is 22.2 Å². The minimum Gasteiger partial charge on any atom is -0.374 e. The second-order valence-electron chi connectivity index (χ2n) is 5.94. The molecule has 0 saturated carbocycles. The van der Waals surface area contributed by atoms with Gasteiger partial charge in [0.05, 0.1) is 16.6 Å². The van der Waals surface area contributed by atoms with Crippen LogP contribution >= 0.6 is 0 Å². The number of Topliss-reactive ketones (excluding diaryl/α,β-unsaturated/α-hetero) is 2. The van der Waals surface area contributed by atoms with Crippen molar-refractivity contribution < 1.29 is 18.9 Å². The maximum absolute atomic E-state index is 15.5. The quantitative estimate of drug-likeness (QED) is 0.454. The van der Waals surface area contributed by atoms with Crippen LogP contribution in [-0.2, 0) is 9.59 Å².